The van der Waals surface area contributed by atoms with Crippen LogP contribution in [0.5, 0.6) is 5.75 Å². The molecule has 0 heterocycles. The van der Waals surface area contributed by atoms with E-state index in [1.165, 1.54) is 5.48 Å². The van der Waals surface area contributed by atoms with Crippen molar-refractivity contribution in [1.82, 2.24) is 5.48 Å². The molecule has 1 amide bonds. The van der Waals surface area contributed by atoms with Gasteiger partial charge in [-0.3, -0.25) is 10.0 Å². The Morgan fingerprint density at radius 2 is 2.21 bits per heavy atom. The van der Waals surface area contributed by atoms with Crippen LogP contribution in [0, 0.1) is 0 Å². The summed E-state index contributed by atoms with van der Waals surface area (Å²) in [6.45, 7) is -0.00310. The lowest BCUT2D eigenvalue weighted by molar-refractivity contribution is -0.127. The molecule has 0 spiro atoms. The Balaban J connectivity index is 2.61. The van der Waals surface area contributed by atoms with Gasteiger partial charge in [-0.05, 0) is 12.1 Å². The molecular formula is C9H12N2O3. The van der Waals surface area contributed by atoms with E-state index in [1.54, 1.807) is 19.2 Å². The van der Waals surface area contributed by atoms with Crippen molar-refractivity contribution in [3.05, 3.63) is 24.3 Å². The van der Waals surface area contributed by atoms with Crippen molar-refractivity contribution in [2.24, 2.45) is 0 Å². The second kappa shape index (κ2) is 5.08. The number of hydrogen-bond acceptors (Lipinski definition) is 4. The highest BCUT2D eigenvalue weighted by atomic mass is 16.5. The van der Waals surface area contributed by atoms with Crippen molar-refractivity contribution in [3.63, 3.8) is 0 Å². The number of methoxy groups -OCH3 is 1. The normalized spacial score (nSPS) is 9.29. The van der Waals surface area contributed by atoms with Crippen molar-refractivity contribution in [2.75, 3.05) is 19.0 Å². The monoisotopic (exact) mass is 196 g/mol. The van der Waals surface area contributed by atoms with E-state index in [9.17, 15) is 4.79 Å². The lowest BCUT2D eigenvalue weighted by Gasteiger charge is -2.09. The van der Waals surface area contributed by atoms with E-state index in [2.05, 4.69) is 5.32 Å². The van der Waals surface area contributed by atoms with Gasteiger partial charge in [-0.1, -0.05) is 12.1 Å². The topological polar surface area (TPSA) is 70.6 Å². The fourth-order valence-corrected chi connectivity index (χ4v) is 1.01. The molecule has 0 aliphatic carbocycles. The van der Waals surface area contributed by atoms with E-state index in [-0.39, 0.29) is 6.54 Å². The maximum atomic E-state index is 10.7. The summed E-state index contributed by atoms with van der Waals surface area (Å²) in [5, 5.41) is 11.1. The zero-order valence-electron chi connectivity index (χ0n) is 7.78. The Kier molecular flexibility index (Phi) is 3.75. The first-order valence-electron chi connectivity index (χ1n) is 4.07. The minimum absolute atomic E-state index is 0.00310. The molecule has 1 rings (SSSR count). The van der Waals surface area contributed by atoms with Gasteiger partial charge in [-0.25, -0.2) is 5.48 Å². The van der Waals surface area contributed by atoms with Crippen LogP contribution in [-0.2, 0) is 4.79 Å². The number of anilines is 1. The molecule has 0 bridgehead atoms. The summed E-state index contributed by atoms with van der Waals surface area (Å²) in [5.41, 5.74) is 2.24. The van der Waals surface area contributed by atoms with Crippen molar-refractivity contribution in [1.29, 1.82) is 0 Å². The Morgan fingerprint density at radius 1 is 1.50 bits per heavy atom. The van der Waals surface area contributed by atoms with Crippen molar-refractivity contribution in [2.45, 2.75) is 0 Å². The third-order valence-corrected chi connectivity index (χ3v) is 1.67. The van der Waals surface area contributed by atoms with Crippen LogP contribution in [0.1, 0.15) is 0 Å². The predicted molar refractivity (Wildman–Crippen MR) is 51.4 cm³/mol. The SMILES string of the molecule is COc1ccccc1NCC(=O)NO. The van der Waals surface area contributed by atoms with Gasteiger partial charge >= 0.3 is 0 Å². The standard InChI is InChI=1S/C9H12N2O3/c1-14-8-5-3-2-4-7(8)10-6-9(12)11-13/h2-5,10,13H,6H2,1H3,(H,11,12). The van der Waals surface area contributed by atoms with Crippen LogP contribution in [-0.4, -0.2) is 24.8 Å². The Labute approximate surface area is 81.6 Å². The zero-order valence-corrected chi connectivity index (χ0v) is 7.78. The zero-order chi connectivity index (χ0) is 10.4. The summed E-state index contributed by atoms with van der Waals surface area (Å²) >= 11 is 0. The van der Waals surface area contributed by atoms with Gasteiger partial charge in [-0.2, -0.15) is 0 Å². The minimum atomic E-state index is -0.504. The van der Waals surface area contributed by atoms with E-state index in [4.69, 9.17) is 9.94 Å². The van der Waals surface area contributed by atoms with Crippen LogP contribution >= 0.6 is 0 Å². The first kappa shape index (κ1) is 10.3. The van der Waals surface area contributed by atoms with Crippen molar-refractivity contribution >= 4 is 11.6 Å². The van der Waals surface area contributed by atoms with Gasteiger partial charge in [0.25, 0.3) is 5.91 Å². The highest BCUT2D eigenvalue weighted by Gasteiger charge is 2.02. The molecule has 0 unspecified atom stereocenters. The molecule has 3 N–H and O–H groups in total. The second-order valence-electron chi connectivity index (χ2n) is 2.59. The molecule has 0 aliphatic heterocycles. The molecule has 0 saturated carbocycles. The van der Waals surface area contributed by atoms with E-state index in [1.807, 2.05) is 12.1 Å². The van der Waals surface area contributed by atoms with Crippen LogP contribution in [0.4, 0.5) is 5.69 Å². The molecule has 0 radical (unpaired) electrons. The molecular weight excluding hydrogens is 184 g/mol. The maximum absolute atomic E-state index is 10.7. The molecule has 1 aromatic carbocycles. The summed E-state index contributed by atoms with van der Waals surface area (Å²) < 4.78 is 5.05. The van der Waals surface area contributed by atoms with E-state index < -0.39 is 5.91 Å². The number of nitrogens with one attached hydrogen (secondary N) is 2. The minimum Gasteiger partial charge on any atom is -0.495 e. The number of amides is 1. The average Bonchev–Trinajstić information content (AvgIpc) is 2.26. The first-order valence-corrected chi connectivity index (χ1v) is 4.07. The third kappa shape index (κ3) is 2.63. The van der Waals surface area contributed by atoms with Gasteiger partial charge in [0.2, 0.25) is 0 Å². The number of benzene rings is 1. The summed E-state index contributed by atoms with van der Waals surface area (Å²) in [6.07, 6.45) is 0. The largest absolute Gasteiger partial charge is 0.495 e. The number of hydrogen-bond donors (Lipinski definition) is 3. The lowest BCUT2D eigenvalue weighted by atomic mass is 10.3. The quantitative estimate of drug-likeness (QED) is 0.487. The van der Waals surface area contributed by atoms with Crippen LogP contribution in [0.3, 0.4) is 0 Å². The Morgan fingerprint density at radius 3 is 2.86 bits per heavy atom. The number of para-hydroxylation sites is 2. The van der Waals surface area contributed by atoms with Crippen molar-refractivity contribution in [3.8, 4) is 5.75 Å². The van der Waals surface area contributed by atoms with Crippen molar-refractivity contribution < 1.29 is 14.7 Å². The predicted octanol–water partition coefficient (Wildman–Crippen LogP) is 0.612. The number of carbonyl (C=O) groups is 1. The summed E-state index contributed by atoms with van der Waals surface area (Å²) in [6, 6.07) is 7.21. The fourth-order valence-electron chi connectivity index (χ4n) is 1.01. The molecule has 14 heavy (non-hydrogen) atoms. The van der Waals surface area contributed by atoms with Gasteiger partial charge in [0, 0.05) is 0 Å². The fraction of sp³-hybridized carbons (Fsp3) is 0.222. The highest BCUT2D eigenvalue weighted by Crippen LogP contribution is 2.22. The van der Waals surface area contributed by atoms with Gasteiger partial charge in [0.05, 0.1) is 19.3 Å². The van der Waals surface area contributed by atoms with Gasteiger partial charge < -0.3 is 10.1 Å². The number of rotatable bonds is 4. The van der Waals surface area contributed by atoms with Gasteiger partial charge in [0.1, 0.15) is 5.75 Å². The molecule has 0 aliphatic rings. The summed E-state index contributed by atoms with van der Waals surface area (Å²) in [4.78, 5) is 10.7. The molecule has 5 heteroatoms. The molecule has 1 aromatic rings. The molecule has 0 atom stereocenters. The van der Waals surface area contributed by atoms with Gasteiger partial charge in [0.15, 0.2) is 0 Å². The van der Waals surface area contributed by atoms with Crippen LogP contribution in [0.15, 0.2) is 24.3 Å². The Bertz CT molecular complexity index is 315. The van der Waals surface area contributed by atoms with E-state index in [0.29, 0.717) is 11.4 Å². The number of ether oxygens (including phenoxy) is 1. The number of hydroxylamine groups is 1. The molecule has 0 saturated heterocycles. The molecule has 0 fully saturated rings. The smallest absolute Gasteiger partial charge is 0.262 e. The van der Waals surface area contributed by atoms with Crippen LogP contribution < -0.4 is 15.5 Å². The third-order valence-electron chi connectivity index (χ3n) is 1.67. The van der Waals surface area contributed by atoms with Crippen LogP contribution in [0.2, 0.25) is 0 Å². The number of carbonyl (C=O) groups excluding carboxylic acids is 1. The lowest BCUT2D eigenvalue weighted by Crippen LogP contribution is -2.26. The molecule has 5 nitrogen and oxygen atoms in total. The average molecular weight is 196 g/mol. The summed E-state index contributed by atoms with van der Waals surface area (Å²) in [5.74, 6) is 0.147. The maximum Gasteiger partial charge on any atom is 0.262 e. The summed E-state index contributed by atoms with van der Waals surface area (Å²) in [7, 11) is 1.55. The van der Waals surface area contributed by atoms with E-state index in [0.717, 1.165) is 0 Å². The Hall–Kier alpha value is -1.75. The highest BCUT2D eigenvalue weighted by molar-refractivity contribution is 5.80. The molecule has 76 valence electrons. The molecule has 0 aromatic heterocycles. The van der Waals surface area contributed by atoms with Gasteiger partial charge in [-0.15, -0.1) is 0 Å². The second-order valence-corrected chi connectivity index (χ2v) is 2.59. The van der Waals surface area contributed by atoms with E-state index >= 15 is 0 Å². The first-order chi connectivity index (χ1) is 6.77. The van der Waals surface area contributed by atoms with Crippen LogP contribution in [0.25, 0.3) is 0 Å².